The standard InChI is InChI=1S/C23H24N2O8S/c1-5-6-17-11-15(2)7-10-20(17)24-34(30,31)14-33-22(26)16(3)12-18-8-9-19(23(27)32-4)13-21(18)25(28)29/h5,7-11,13,24H,1,3,6,12,14H2,2,4H3. The predicted octanol–water partition coefficient (Wildman–Crippen LogP) is 3.46. The fourth-order valence-electron chi connectivity index (χ4n) is 3.01. The van der Waals surface area contributed by atoms with E-state index in [4.69, 9.17) is 4.74 Å². The first kappa shape index (κ1) is 26.3. The molecule has 0 radical (unpaired) electrons. The van der Waals surface area contributed by atoms with E-state index in [9.17, 15) is 28.1 Å². The molecule has 0 atom stereocenters. The Labute approximate surface area is 197 Å². The van der Waals surface area contributed by atoms with Crippen LogP contribution in [0.1, 0.15) is 27.0 Å². The highest BCUT2D eigenvalue weighted by Crippen LogP contribution is 2.24. The highest BCUT2D eigenvalue weighted by Gasteiger charge is 2.22. The van der Waals surface area contributed by atoms with Crippen molar-refractivity contribution in [3.05, 3.63) is 93.6 Å². The fourth-order valence-corrected chi connectivity index (χ4v) is 3.86. The first-order valence-electron chi connectivity index (χ1n) is 9.89. The monoisotopic (exact) mass is 488 g/mol. The SMILES string of the molecule is C=CCc1cc(C)ccc1NS(=O)(=O)COC(=O)C(=C)Cc1ccc(C(=O)OC)cc1[N+](=O)[O-]. The number of ether oxygens (including phenoxy) is 2. The molecule has 0 fully saturated rings. The largest absolute Gasteiger partial charge is 0.465 e. The Kier molecular flexibility index (Phi) is 8.68. The summed E-state index contributed by atoms with van der Waals surface area (Å²) < 4.78 is 36.6. The van der Waals surface area contributed by atoms with Crippen LogP contribution in [0.2, 0.25) is 0 Å². The highest BCUT2D eigenvalue weighted by atomic mass is 32.2. The second kappa shape index (κ2) is 11.2. The molecule has 0 aliphatic carbocycles. The Hall–Kier alpha value is -3.99. The lowest BCUT2D eigenvalue weighted by Gasteiger charge is -2.13. The molecule has 0 aliphatic rings. The zero-order valence-corrected chi connectivity index (χ0v) is 19.5. The number of carbonyl (C=O) groups is 2. The molecule has 180 valence electrons. The zero-order chi connectivity index (χ0) is 25.5. The molecule has 0 spiro atoms. The molecule has 0 heterocycles. The molecule has 10 nitrogen and oxygen atoms in total. The first-order chi connectivity index (χ1) is 16.0. The van der Waals surface area contributed by atoms with Crippen molar-refractivity contribution in [3.8, 4) is 0 Å². The minimum Gasteiger partial charge on any atom is -0.465 e. The number of carbonyl (C=O) groups excluding carboxylic acids is 2. The molecule has 0 saturated carbocycles. The first-order valence-corrected chi connectivity index (χ1v) is 11.5. The van der Waals surface area contributed by atoms with Crippen molar-refractivity contribution in [2.24, 2.45) is 0 Å². The maximum atomic E-state index is 12.4. The number of hydrogen-bond acceptors (Lipinski definition) is 8. The topological polar surface area (TPSA) is 142 Å². The van der Waals surface area contributed by atoms with Crippen LogP contribution in [0.3, 0.4) is 0 Å². The van der Waals surface area contributed by atoms with Gasteiger partial charge in [-0.2, -0.15) is 0 Å². The van der Waals surface area contributed by atoms with Crippen LogP contribution in [0.5, 0.6) is 0 Å². The second-order valence-electron chi connectivity index (χ2n) is 7.29. The van der Waals surface area contributed by atoms with Gasteiger partial charge in [-0.05, 0) is 31.0 Å². The molecule has 0 aromatic heterocycles. The molecule has 2 rings (SSSR count). The molecule has 0 bridgehead atoms. The summed E-state index contributed by atoms with van der Waals surface area (Å²) in [5.41, 5.74) is 1.42. The van der Waals surface area contributed by atoms with E-state index in [1.165, 1.54) is 12.1 Å². The molecule has 1 N–H and O–H groups in total. The quantitative estimate of drug-likeness (QED) is 0.167. The van der Waals surface area contributed by atoms with Gasteiger partial charge in [0.2, 0.25) is 5.94 Å². The number of methoxy groups -OCH3 is 1. The van der Waals surface area contributed by atoms with E-state index < -0.39 is 38.5 Å². The summed E-state index contributed by atoms with van der Waals surface area (Å²) in [4.78, 5) is 34.6. The predicted molar refractivity (Wildman–Crippen MR) is 126 cm³/mol. The summed E-state index contributed by atoms with van der Waals surface area (Å²) in [7, 11) is -2.92. The third kappa shape index (κ3) is 7.01. The van der Waals surface area contributed by atoms with Gasteiger partial charge >= 0.3 is 11.9 Å². The van der Waals surface area contributed by atoms with E-state index in [0.29, 0.717) is 17.7 Å². The number of anilines is 1. The van der Waals surface area contributed by atoms with E-state index in [0.717, 1.165) is 18.7 Å². The molecule has 2 aromatic carbocycles. The van der Waals surface area contributed by atoms with Crippen LogP contribution in [-0.2, 0) is 37.1 Å². The number of nitro groups is 1. The van der Waals surface area contributed by atoms with Gasteiger partial charge in [-0.25, -0.2) is 18.0 Å². The maximum Gasteiger partial charge on any atom is 0.338 e. The van der Waals surface area contributed by atoms with Crippen LogP contribution in [0.4, 0.5) is 11.4 Å². The van der Waals surface area contributed by atoms with Crippen molar-refractivity contribution in [1.82, 2.24) is 0 Å². The smallest absolute Gasteiger partial charge is 0.338 e. The number of allylic oxidation sites excluding steroid dienone is 1. The molecular formula is C23H24N2O8S. The Bertz CT molecular complexity index is 1250. The lowest BCUT2D eigenvalue weighted by atomic mass is 10.0. The molecule has 0 aliphatic heterocycles. The van der Waals surface area contributed by atoms with E-state index in [2.05, 4.69) is 22.6 Å². The van der Waals surface area contributed by atoms with Gasteiger partial charge < -0.3 is 9.47 Å². The summed E-state index contributed by atoms with van der Waals surface area (Å²) in [5.74, 6) is -2.77. The Morgan fingerprint density at radius 1 is 1.18 bits per heavy atom. The minimum absolute atomic E-state index is 0.0322. The summed E-state index contributed by atoms with van der Waals surface area (Å²) in [6, 6.07) is 8.77. The molecular weight excluding hydrogens is 464 g/mol. The van der Waals surface area contributed by atoms with Crippen molar-refractivity contribution >= 4 is 33.3 Å². The van der Waals surface area contributed by atoms with Crippen LogP contribution < -0.4 is 4.72 Å². The Balaban J connectivity index is 2.08. The van der Waals surface area contributed by atoms with E-state index in [1.54, 1.807) is 18.2 Å². The number of rotatable bonds is 11. The number of nitrogens with one attached hydrogen (secondary N) is 1. The van der Waals surface area contributed by atoms with Crippen molar-refractivity contribution in [1.29, 1.82) is 0 Å². The van der Waals surface area contributed by atoms with Crippen molar-refractivity contribution in [3.63, 3.8) is 0 Å². The Morgan fingerprint density at radius 2 is 1.88 bits per heavy atom. The number of aryl methyl sites for hydroxylation is 1. The van der Waals surface area contributed by atoms with Crippen molar-refractivity contribution in [2.45, 2.75) is 19.8 Å². The molecule has 34 heavy (non-hydrogen) atoms. The number of esters is 2. The maximum absolute atomic E-state index is 12.4. The summed E-state index contributed by atoms with van der Waals surface area (Å²) >= 11 is 0. The number of hydrogen-bond donors (Lipinski definition) is 1. The number of nitro benzene ring substituents is 1. The highest BCUT2D eigenvalue weighted by molar-refractivity contribution is 7.92. The lowest BCUT2D eigenvalue weighted by molar-refractivity contribution is -0.385. The molecule has 11 heteroatoms. The van der Waals surface area contributed by atoms with Gasteiger partial charge in [0.25, 0.3) is 15.7 Å². The van der Waals surface area contributed by atoms with Gasteiger partial charge in [0.15, 0.2) is 0 Å². The van der Waals surface area contributed by atoms with E-state index in [-0.39, 0.29) is 23.1 Å². The van der Waals surface area contributed by atoms with Gasteiger partial charge in [-0.1, -0.05) is 36.4 Å². The van der Waals surface area contributed by atoms with Crippen LogP contribution in [0, 0.1) is 17.0 Å². The third-order valence-electron chi connectivity index (χ3n) is 4.63. The number of nitrogens with zero attached hydrogens (tertiary/aromatic N) is 1. The van der Waals surface area contributed by atoms with E-state index in [1.807, 2.05) is 13.0 Å². The normalized spacial score (nSPS) is 10.8. The average molecular weight is 489 g/mol. The lowest BCUT2D eigenvalue weighted by Crippen LogP contribution is -2.22. The van der Waals surface area contributed by atoms with Crippen molar-refractivity contribution in [2.75, 3.05) is 17.8 Å². The van der Waals surface area contributed by atoms with Gasteiger partial charge in [0.05, 0.1) is 23.3 Å². The molecule has 0 amide bonds. The molecule has 2 aromatic rings. The molecule has 0 unspecified atom stereocenters. The number of sulfonamides is 1. The summed E-state index contributed by atoms with van der Waals surface area (Å²) in [5, 5.41) is 11.4. The van der Waals surface area contributed by atoms with E-state index >= 15 is 0 Å². The Morgan fingerprint density at radius 3 is 2.50 bits per heavy atom. The van der Waals surface area contributed by atoms with Crippen LogP contribution in [0.15, 0.2) is 61.2 Å². The van der Waals surface area contributed by atoms with Crippen LogP contribution >= 0.6 is 0 Å². The molecule has 0 saturated heterocycles. The minimum atomic E-state index is -4.06. The third-order valence-corrected chi connectivity index (χ3v) is 5.59. The fraction of sp³-hybridized carbons (Fsp3) is 0.217. The van der Waals surface area contributed by atoms with Gasteiger partial charge in [0.1, 0.15) is 0 Å². The summed E-state index contributed by atoms with van der Waals surface area (Å²) in [6.45, 7) is 9.06. The zero-order valence-electron chi connectivity index (χ0n) is 18.7. The average Bonchev–Trinajstić information content (AvgIpc) is 2.79. The van der Waals surface area contributed by atoms with Crippen molar-refractivity contribution < 1.29 is 32.4 Å². The number of benzene rings is 2. The van der Waals surface area contributed by atoms with Gasteiger partial charge in [-0.3, -0.25) is 14.8 Å². The van der Waals surface area contributed by atoms with Gasteiger partial charge in [-0.15, -0.1) is 6.58 Å². The summed E-state index contributed by atoms with van der Waals surface area (Å²) in [6.07, 6.45) is 1.78. The van der Waals surface area contributed by atoms with Crippen LogP contribution in [0.25, 0.3) is 0 Å². The van der Waals surface area contributed by atoms with Gasteiger partial charge in [0, 0.05) is 23.6 Å². The second-order valence-corrected chi connectivity index (χ2v) is 8.96. The van der Waals surface area contributed by atoms with Crippen LogP contribution in [-0.4, -0.2) is 38.3 Å².